The maximum atomic E-state index is 12.6. The lowest BCUT2D eigenvalue weighted by atomic mass is 10.2. The van der Waals surface area contributed by atoms with Crippen molar-refractivity contribution in [3.8, 4) is 0 Å². The minimum Gasteiger partial charge on any atom is -0.354 e. The van der Waals surface area contributed by atoms with Crippen LogP contribution in [0.4, 0.5) is 0 Å². The lowest BCUT2D eigenvalue weighted by Gasteiger charge is -2.29. The highest BCUT2D eigenvalue weighted by Crippen LogP contribution is 2.47. The summed E-state index contributed by atoms with van der Waals surface area (Å²) in [5, 5.41) is 3.03. The molecule has 26 heavy (non-hydrogen) atoms. The molecule has 0 bridgehead atoms. The third-order valence-corrected chi connectivity index (χ3v) is 6.96. The minimum absolute atomic E-state index is 0.0244. The molecule has 3 heterocycles. The Morgan fingerprint density at radius 2 is 2.23 bits per heavy atom. The fourth-order valence-electron chi connectivity index (χ4n) is 4.06. The molecule has 0 aliphatic carbocycles. The molecule has 0 spiro atoms. The molecule has 0 saturated carbocycles. The molecule has 138 valence electrons. The van der Waals surface area contributed by atoms with Crippen LogP contribution in [0.2, 0.25) is 0 Å². The molecule has 1 aromatic carbocycles. The topological polar surface area (TPSA) is 67.2 Å². The summed E-state index contributed by atoms with van der Waals surface area (Å²) in [5.41, 5.74) is 2.13. The van der Waals surface area contributed by atoms with Crippen LogP contribution >= 0.6 is 11.8 Å². The van der Waals surface area contributed by atoms with Crippen LogP contribution in [0.15, 0.2) is 24.3 Å². The molecule has 2 fully saturated rings. The van der Waals surface area contributed by atoms with E-state index in [4.69, 9.17) is 0 Å². The van der Waals surface area contributed by atoms with Crippen molar-refractivity contribution in [3.63, 3.8) is 0 Å². The number of fused-ring (bicyclic) bond motifs is 2. The van der Waals surface area contributed by atoms with Gasteiger partial charge in [-0.05, 0) is 38.8 Å². The molecule has 4 rings (SSSR count). The Bertz CT molecular complexity index is 864. The van der Waals surface area contributed by atoms with Gasteiger partial charge in [0.15, 0.2) is 0 Å². The van der Waals surface area contributed by atoms with Crippen LogP contribution in [0, 0.1) is 6.92 Å². The zero-order valence-electron chi connectivity index (χ0n) is 15.2. The van der Waals surface area contributed by atoms with Crippen LogP contribution in [0.25, 0.3) is 11.0 Å². The quantitative estimate of drug-likeness (QED) is 0.818. The van der Waals surface area contributed by atoms with Gasteiger partial charge in [0.25, 0.3) is 0 Å². The summed E-state index contributed by atoms with van der Waals surface area (Å²) in [6, 6.07) is 7.78. The largest absolute Gasteiger partial charge is 0.354 e. The molecule has 2 amide bonds. The van der Waals surface area contributed by atoms with E-state index in [-0.39, 0.29) is 22.7 Å². The van der Waals surface area contributed by atoms with Crippen LogP contribution in [0.1, 0.15) is 32.0 Å². The number of amides is 2. The summed E-state index contributed by atoms with van der Waals surface area (Å²) in [6.07, 6.45) is 2.23. The first-order chi connectivity index (χ1) is 12.5. The molecule has 2 aliphatic heterocycles. The number of para-hydroxylation sites is 2. The Labute approximate surface area is 157 Å². The van der Waals surface area contributed by atoms with Crippen LogP contribution in [0.3, 0.4) is 0 Å². The second-order valence-electron chi connectivity index (χ2n) is 7.21. The first kappa shape index (κ1) is 17.4. The molecule has 2 aromatic rings. The van der Waals surface area contributed by atoms with E-state index in [1.807, 2.05) is 25.1 Å². The van der Waals surface area contributed by atoms with Gasteiger partial charge in [-0.25, -0.2) is 4.98 Å². The Hall–Kier alpha value is -2.02. The second kappa shape index (κ2) is 6.61. The Morgan fingerprint density at radius 3 is 3.08 bits per heavy atom. The minimum atomic E-state index is -0.323. The Kier molecular flexibility index (Phi) is 4.42. The third-order valence-electron chi connectivity index (χ3n) is 5.45. The van der Waals surface area contributed by atoms with Crippen molar-refractivity contribution in [2.75, 3.05) is 12.3 Å². The average Bonchev–Trinajstić information content (AvgIpc) is 3.23. The number of rotatable bonds is 5. The molecule has 6 nitrogen and oxygen atoms in total. The fourth-order valence-corrected chi connectivity index (χ4v) is 5.49. The predicted octanol–water partition coefficient (Wildman–Crippen LogP) is 2.31. The maximum absolute atomic E-state index is 12.6. The zero-order valence-corrected chi connectivity index (χ0v) is 16.0. The highest BCUT2D eigenvalue weighted by Gasteiger charge is 2.52. The second-order valence-corrected chi connectivity index (χ2v) is 8.71. The number of imidazole rings is 1. The highest BCUT2D eigenvalue weighted by atomic mass is 32.2. The number of thioether (sulfide) groups is 1. The van der Waals surface area contributed by atoms with Crippen LogP contribution in [0.5, 0.6) is 0 Å². The van der Waals surface area contributed by atoms with Crippen molar-refractivity contribution in [2.45, 2.75) is 50.6 Å². The van der Waals surface area contributed by atoms with Crippen molar-refractivity contribution < 1.29 is 9.59 Å². The number of hydrogen-bond donors (Lipinski definition) is 1. The summed E-state index contributed by atoms with van der Waals surface area (Å²) in [7, 11) is 0. The van der Waals surface area contributed by atoms with Gasteiger partial charge in [-0.3, -0.25) is 9.59 Å². The number of carbonyl (C=O) groups excluding carboxylic acids is 2. The summed E-state index contributed by atoms with van der Waals surface area (Å²) >= 11 is 1.73. The summed E-state index contributed by atoms with van der Waals surface area (Å²) in [5.74, 6) is 1.77. The SMILES string of the molecule is Cc1nc2ccccc2n1CCCNC(=O)[C@@H]1CS[C@@]2(C)CCC(=O)N12. The van der Waals surface area contributed by atoms with E-state index in [1.54, 1.807) is 16.7 Å². The first-order valence-electron chi connectivity index (χ1n) is 9.15. The number of aromatic nitrogens is 2. The van der Waals surface area contributed by atoms with Crippen molar-refractivity contribution in [2.24, 2.45) is 0 Å². The van der Waals surface area contributed by atoms with E-state index in [0.717, 1.165) is 36.2 Å². The van der Waals surface area contributed by atoms with Gasteiger partial charge in [-0.2, -0.15) is 0 Å². The van der Waals surface area contributed by atoms with Crippen molar-refractivity contribution >= 4 is 34.6 Å². The van der Waals surface area contributed by atoms with Gasteiger partial charge in [-0.1, -0.05) is 12.1 Å². The third kappa shape index (κ3) is 2.88. The van der Waals surface area contributed by atoms with Gasteiger partial charge in [-0.15, -0.1) is 11.8 Å². The van der Waals surface area contributed by atoms with Crippen LogP contribution in [-0.4, -0.2) is 49.5 Å². The molecule has 0 unspecified atom stereocenters. The molecule has 2 aliphatic rings. The maximum Gasteiger partial charge on any atom is 0.243 e. The number of carbonyl (C=O) groups is 2. The predicted molar refractivity (Wildman–Crippen MR) is 103 cm³/mol. The van der Waals surface area contributed by atoms with Crippen LogP contribution < -0.4 is 5.32 Å². The summed E-state index contributed by atoms with van der Waals surface area (Å²) < 4.78 is 2.19. The van der Waals surface area contributed by atoms with Gasteiger partial charge in [0, 0.05) is 25.3 Å². The van der Waals surface area contributed by atoms with Crippen LogP contribution in [-0.2, 0) is 16.1 Å². The number of benzene rings is 1. The molecule has 2 saturated heterocycles. The molecule has 7 heteroatoms. The average molecular weight is 372 g/mol. The molecular weight excluding hydrogens is 348 g/mol. The monoisotopic (exact) mass is 372 g/mol. The fraction of sp³-hybridized carbons (Fsp3) is 0.526. The van der Waals surface area contributed by atoms with Crippen molar-refractivity contribution in [3.05, 3.63) is 30.1 Å². The van der Waals surface area contributed by atoms with Gasteiger partial charge in [0.2, 0.25) is 11.8 Å². The van der Waals surface area contributed by atoms with E-state index >= 15 is 0 Å². The summed E-state index contributed by atoms with van der Waals surface area (Å²) in [6.45, 7) is 5.49. The number of aryl methyl sites for hydroxylation is 2. The van der Waals surface area contributed by atoms with E-state index in [2.05, 4.69) is 27.9 Å². The standard InChI is InChI=1S/C19H24N4O2S/c1-13-21-14-6-3-4-7-15(14)22(13)11-5-10-20-18(25)16-12-26-19(2)9-8-17(24)23(16)19/h3-4,6-7,16H,5,8-12H2,1-2H3,(H,20,25)/t16-,19-/m0/s1. The van der Waals surface area contributed by atoms with Gasteiger partial charge >= 0.3 is 0 Å². The lowest BCUT2D eigenvalue weighted by molar-refractivity contribution is -0.137. The normalized spacial score (nSPS) is 25.1. The van der Waals surface area contributed by atoms with Gasteiger partial charge in [0.1, 0.15) is 11.9 Å². The van der Waals surface area contributed by atoms with E-state index in [0.29, 0.717) is 18.7 Å². The molecule has 0 radical (unpaired) electrons. The van der Waals surface area contributed by atoms with Gasteiger partial charge < -0.3 is 14.8 Å². The molecule has 1 aromatic heterocycles. The number of nitrogens with zero attached hydrogens (tertiary/aromatic N) is 3. The molecular formula is C19H24N4O2S. The van der Waals surface area contributed by atoms with Crippen molar-refractivity contribution in [1.29, 1.82) is 0 Å². The zero-order chi connectivity index (χ0) is 18.3. The molecule has 2 atom stereocenters. The Morgan fingerprint density at radius 1 is 1.42 bits per heavy atom. The molecule has 1 N–H and O–H groups in total. The number of nitrogens with one attached hydrogen (secondary N) is 1. The lowest BCUT2D eigenvalue weighted by Crippen LogP contribution is -2.50. The van der Waals surface area contributed by atoms with E-state index < -0.39 is 0 Å². The van der Waals surface area contributed by atoms with Crippen molar-refractivity contribution in [1.82, 2.24) is 19.8 Å². The van der Waals surface area contributed by atoms with E-state index in [9.17, 15) is 9.59 Å². The van der Waals surface area contributed by atoms with Gasteiger partial charge in [0.05, 0.1) is 15.9 Å². The van der Waals surface area contributed by atoms with E-state index in [1.165, 1.54) is 0 Å². The number of hydrogen-bond acceptors (Lipinski definition) is 4. The summed E-state index contributed by atoms with van der Waals surface area (Å²) in [4.78, 5) is 30.9. The first-order valence-corrected chi connectivity index (χ1v) is 10.1. The smallest absolute Gasteiger partial charge is 0.243 e. The Balaban J connectivity index is 1.33. The highest BCUT2D eigenvalue weighted by molar-refractivity contribution is 8.01.